The van der Waals surface area contributed by atoms with E-state index in [2.05, 4.69) is 61.9 Å². The number of rotatable bonds is 4. The van der Waals surface area contributed by atoms with Gasteiger partial charge >= 0.3 is 0 Å². The number of hydrogen-bond acceptors (Lipinski definition) is 2. The third kappa shape index (κ3) is 3.57. The Labute approximate surface area is 119 Å². The van der Waals surface area contributed by atoms with Crippen LogP contribution in [-0.4, -0.2) is 4.57 Å². The summed E-state index contributed by atoms with van der Waals surface area (Å²) in [5, 5.41) is 2.18. The Morgan fingerprint density at radius 2 is 1.89 bits per heavy atom. The maximum Gasteiger partial charge on any atom is 0.190 e. The second kappa shape index (κ2) is 6.20. The zero-order valence-electron chi connectivity index (χ0n) is 12.2. The highest BCUT2D eigenvalue weighted by molar-refractivity contribution is 7.07. The molecule has 3 heteroatoms. The van der Waals surface area contributed by atoms with Gasteiger partial charge in [0.25, 0.3) is 0 Å². The molecule has 1 heterocycles. The van der Waals surface area contributed by atoms with Crippen molar-refractivity contribution < 1.29 is 0 Å². The number of hydrogen-bond donors (Lipinski definition) is 0. The highest BCUT2D eigenvalue weighted by Crippen LogP contribution is 2.13. The van der Waals surface area contributed by atoms with Crippen LogP contribution in [0.1, 0.15) is 32.0 Å². The Balaban J connectivity index is 2.36. The maximum absolute atomic E-state index is 4.77. The lowest BCUT2D eigenvalue weighted by Gasteiger charge is -2.08. The molecule has 0 bridgehead atoms. The first-order valence-corrected chi connectivity index (χ1v) is 7.76. The predicted octanol–water partition coefficient (Wildman–Crippen LogP) is 4.31. The summed E-state index contributed by atoms with van der Waals surface area (Å²) >= 11 is 1.72. The smallest absolute Gasteiger partial charge is 0.190 e. The molecule has 0 aliphatic rings. The Kier molecular flexibility index (Phi) is 4.59. The molecule has 0 spiro atoms. The Morgan fingerprint density at radius 1 is 1.21 bits per heavy atom. The zero-order valence-corrected chi connectivity index (χ0v) is 13.0. The molecule has 19 heavy (non-hydrogen) atoms. The van der Waals surface area contributed by atoms with Crippen LogP contribution in [0.25, 0.3) is 0 Å². The Bertz CT molecular complexity index is 588. The van der Waals surface area contributed by atoms with Crippen LogP contribution in [0, 0.1) is 12.8 Å². The molecule has 0 amide bonds. The number of nitrogens with zero attached hydrogens (tertiary/aromatic N) is 2. The van der Waals surface area contributed by atoms with Crippen LogP contribution in [-0.2, 0) is 13.0 Å². The monoisotopic (exact) mass is 274 g/mol. The van der Waals surface area contributed by atoms with Gasteiger partial charge in [0.05, 0.1) is 5.69 Å². The van der Waals surface area contributed by atoms with Gasteiger partial charge in [-0.15, -0.1) is 11.3 Å². The maximum atomic E-state index is 4.77. The average Bonchev–Trinajstić information content (AvgIpc) is 2.72. The van der Waals surface area contributed by atoms with Crippen molar-refractivity contribution in [1.82, 2.24) is 4.57 Å². The molecule has 0 N–H and O–H groups in total. The SMILES string of the molecule is CCc1ccc(N=c2scc(C)n2CC(C)C)cc1. The predicted molar refractivity (Wildman–Crippen MR) is 82.9 cm³/mol. The minimum absolute atomic E-state index is 0.634. The molecule has 0 unspecified atom stereocenters. The van der Waals surface area contributed by atoms with E-state index in [9.17, 15) is 0 Å². The molecule has 0 radical (unpaired) electrons. The lowest BCUT2D eigenvalue weighted by Crippen LogP contribution is -2.18. The van der Waals surface area contributed by atoms with Crippen LogP contribution >= 0.6 is 11.3 Å². The van der Waals surface area contributed by atoms with Crippen LogP contribution in [0.2, 0.25) is 0 Å². The summed E-state index contributed by atoms with van der Waals surface area (Å²) in [4.78, 5) is 5.86. The molecule has 1 aromatic heterocycles. The highest BCUT2D eigenvalue weighted by Gasteiger charge is 2.03. The van der Waals surface area contributed by atoms with Crippen molar-refractivity contribution in [3.63, 3.8) is 0 Å². The molecule has 1 aromatic carbocycles. The third-order valence-corrected chi connectivity index (χ3v) is 4.09. The summed E-state index contributed by atoms with van der Waals surface area (Å²) in [5.74, 6) is 0.634. The van der Waals surface area contributed by atoms with Crippen LogP contribution in [0.15, 0.2) is 34.6 Å². The summed E-state index contributed by atoms with van der Waals surface area (Å²) in [6, 6.07) is 8.53. The largest absolute Gasteiger partial charge is 0.321 e. The first-order chi connectivity index (χ1) is 9.10. The topological polar surface area (TPSA) is 17.3 Å². The molecule has 2 rings (SSSR count). The van der Waals surface area contributed by atoms with Crippen molar-refractivity contribution in [3.05, 3.63) is 45.7 Å². The van der Waals surface area contributed by atoms with E-state index in [0.29, 0.717) is 5.92 Å². The lowest BCUT2D eigenvalue weighted by molar-refractivity contribution is 0.506. The molecule has 0 aliphatic heterocycles. The van der Waals surface area contributed by atoms with Gasteiger partial charge in [-0.2, -0.15) is 0 Å². The van der Waals surface area contributed by atoms with Gasteiger partial charge in [0, 0.05) is 17.6 Å². The summed E-state index contributed by atoms with van der Waals surface area (Å²) in [6.07, 6.45) is 1.08. The summed E-state index contributed by atoms with van der Waals surface area (Å²) < 4.78 is 2.31. The number of aromatic nitrogens is 1. The standard InChI is InChI=1S/C16H22N2S/c1-5-14-6-8-15(9-7-14)17-16-18(10-12(2)3)13(4)11-19-16/h6-9,11-12H,5,10H2,1-4H3. The second-order valence-corrected chi connectivity index (χ2v) is 6.13. The molecule has 102 valence electrons. The normalized spacial score (nSPS) is 12.4. The van der Waals surface area contributed by atoms with Crippen LogP contribution in [0.4, 0.5) is 5.69 Å². The van der Waals surface area contributed by atoms with E-state index in [-0.39, 0.29) is 0 Å². The van der Waals surface area contributed by atoms with Gasteiger partial charge in [0.15, 0.2) is 4.80 Å². The third-order valence-electron chi connectivity index (χ3n) is 3.11. The van der Waals surface area contributed by atoms with E-state index < -0.39 is 0 Å². The van der Waals surface area contributed by atoms with Crippen LogP contribution in [0.3, 0.4) is 0 Å². The van der Waals surface area contributed by atoms with Gasteiger partial charge in [-0.05, 0) is 37.0 Å². The number of aryl methyl sites for hydroxylation is 2. The summed E-state index contributed by atoms with van der Waals surface area (Å²) in [7, 11) is 0. The van der Waals surface area contributed by atoms with Gasteiger partial charge < -0.3 is 4.57 Å². The molecular weight excluding hydrogens is 252 g/mol. The highest BCUT2D eigenvalue weighted by atomic mass is 32.1. The van der Waals surface area contributed by atoms with Gasteiger partial charge in [0.1, 0.15) is 0 Å². The molecule has 0 atom stereocenters. The number of thiazole rings is 1. The zero-order chi connectivity index (χ0) is 13.8. The van der Waals surface area contributed by atoms with Crippen molar-refractivity contribution in [1.29, 1.82) is 0 Å². The van der Waals surface area contributed by atoms with Crippen molar-refractivity contribution in [2.75, 3.05) is 0 Å². The molecule has 0 aliphatic carbocycles. The van der Waals surface area contributed by atoms with Gasteiger partial charge in [0.2, 0.25) is 0 Å². The van der Waals surface area contributed by atoms with Crippen molar-refractivity contribution in [3.8, 4) is 0 Å². The molecule has 0 saturated heterocycles. The minimum Gasteiger partial charge on any atom is -0.321 e. The Morgan fingerprint density at radius 3 is 2.47 bits per heavy atom. The summed E-state index contributed by atoms with van der Waals surface area (Å²) in [5.41, 5.74) is 3.69. The van der Waals surface area contributed by atoms with Gasteiger partial charge in [-0.25, -0.2) is 4.99 Å². The molecule has 0 saturated carbocycles. The van der Waals surface area contributed by atoms with Crippen molar-refractivity contribution in [2.24, 2.45) is 10.9 Å². The Hall–Kier alpha value is -1.35. The van der Waals surface area contributed by atoms with E-state index in [1.165, 1.54) is 11.3 Å². The first kappa shape index (κ1) is 14.1. The fourth-order valence-electron chi connectivity index (χ4n) is 2.01. The van der Waals surface area contributed by atoms with Gasteiger partial charge in [-0.1, -0.05) is 32.9 Å². The van der Waals surface area contributed by atoms with Crippen molar-refractivity contribution >= 4 is 17.0 Å². The minimum atomic E-state index is 0.634. The second-order valence-electron chi connectivity index (χ2n) is 5.30. The van der Waals surface area contributed by atoms with E-state index >= 15 is 0 Å². The van der Waals surface area contributed by atoms with E-state index in [4.69, 9.17) is 4.99 Å². The first-order valence-electron chi connectivity index (χ1n) is 6.88. The summed E-state index contributed by atoms with van der Waals surface area (Å²) in [6.45, 7) is 9.83. The van der Waals surface area contributed by atoms with E-state index in [1.54, 1.807) is 11.3 Å². The van der Waals surface area contributed by atoms with Crippen molar-refractivity contribution in [2.45, 2.75) is 40.7 Å². The lowest BCUT2D eigenvalue weighted by atomic mass is 10.2. The van der Waals surface area contributed by atoms with E-state index in [1.807, 2.05) is 0 Å². The quantitative estimate of drug-likeness (QED) is 0.790. The van der Waals surface area contributed by atoms with Crippen LogP contribution < -0.4 is 4.80 Å². The molecular formula is C16H22N2S. The number of benzene rings is 1. The average molecular weight is 274 g/mol. The fraction of sp³-hybridized carbons (Fsp3) is 0.438. The molecule has 0 fully saturated rings. The molecule has 2 nitrogen and oxygen atoms in total. The van der Waals surface area contributed by atoms with E-state index in [0.717, 1.165) is 23.5 Å². The fourth-order valence-corrected chi connectivity index (χ4v) is 2.91. The van der Waals surface area contributed by atoms with Crippen LogP contribution in [0.5, 0.6) is 0 Å². The molecule has 2 aromatic rings. The van der Waals surface area contributed by atoms with Gasteiger partial charge in [-0.3, -0.25) is 0 Å².